The summed E-state index contributed by atoms with van der Waals surface area (Å²) in [7, 11) is 0. The molecule has 1 atom stereocenters. The number of hydrogen-bond donors (Lipinski definition) is 1. The largest absolute Gasteiger partial charge is 0.632 e. The Morgan fingerprint density at radius 3 is 2.67 bits per heavy atom. The van der Waals surface area contributed by atoms with Crippen LogP contribution in [0.2, 0.25) is 5.02 Å². The lowest BCUT2D eigenvalue weighted by Gasteiger charge is -2.53. The van der Waals surface area contributed by atoms with Crippen LogP contribution in [-0.2, 0) is 17.6 Å². The molecule has 0 spiro atoms. The number of carbonyl (C=O) groups is 1. The summed E-state index contributed by atoms with van der Waals surface area (Å²) in [5.74, 6) is 0.656. The van der Waals surface area contributed by atoms with Crippen LogP contribution in [0.4, 0.5) is 0 Å². The van der Waals surface area contributed by atoms with E-state index in [0.717, 1.165) is 65.6 Å². The Hall–Kier alpha value is -1.51. The third-order valence-electron chi connectivity index (χ3n) is 7.53. The van der Waals surface area contributed by atoms with Gasteiger partial charge in [-0.05, 0) is 89.9 Å². The van der Waals surface area contributed by atoms with Crippen molar-refractivity contribution in [3.63, 3.8) is 0 Å². The molecule has 5 rings (SSSR count). The number of halogens is 2. The van der Waals surface area contributed by atoms with Crippen LogP contribution in [0.5, 0.6) is 0 Å². The minimum absolute atomic E-state index is 0.198. The fourth-order valence-corrected chi connectivity index (χ4v) is 6.24. The Morgan fingerprint density at radius 2 is 1.91 bits per heavy atom. The number of pyridine rings is 1. The first-order valence-corrected chi connectivity index (χ1v) is 13.1. The number of fused-ring (bicyclic) bond motifs is 2. The zero-order chi connectivity index (χ0) is 23.0. The lowest BCUT2D eigenvalue weighted by molar-refractivity contribution is -0.909. The second kappa shape index (κ2) is 9.62. The molecule has 3 heterocycles. The van der Waals surface area contributed by atoms with Crippen molar-refractivity contribution in [3.8, 4) is 0 Å². The van der Waals surface area contributed by atoms with Crippen molar-refractivity contribution in [3.05, 3.63) is 67.5 Å². The summed E-state index contributed by atoms with van der Waals surface area (Å²) in [4.78, 5) is 19.6. The summed E-state index contributed by atoms with van der Waals surface area (Å²) in [5.41, 5.74) is 4.13. The number of amides is 1. The maximum absolute atomic E-state index is 14.4. The normalized spacial score (nSPS) is 22.9. The summed E-state index contributed by atoms with van der Waals surface area (Å²) in [6.45, 7) is 3.74. The molecule has 2 fully saturated rings. The van der Waals surface area contributed by atoms with Gasteiger partial charge in [-0.15, -0.1) is 0 Å². The fraction of sp³-hybridized carbons (Fsp3) is 0.520. The highest BCUT2D eigenvalue weighted by Crippen LogP contribution is 2.41. The molecule has 1 N–H and O–H groups in total. The first-order chi connectivity index (χ1) is 15.9. The Balaban J connectivity index is 1.40. The van der Waals surface area contributed by atoms with E-state index in [1.165, 1.54) is 0 Å². The monoisotopic (exact) mass is 532 g/mol. The molecule has 0 unspecified atom stereocenters. The fourth-order valence-electron chi connectivity index (χ4n) is 5.66. The molecule has 1 aromatic carbocycles. The molecule has 2 aromatic rings. The van der Waals surface area contributed by atoms with Gasteiger partial charge in [-0.3, -0.25) is 9.78 Å². The van der Waals surface area contributed by atoms with Crippen molar-refractivity contribution in [2.45, 2.75) is 38.1 Å². The summed E-state index contributed by atoms with van der Waals surface area (Å²) in [6.07, 6.45) is 6.16. The molecule has 33 heavy (non-hydrogen) atoms. The number of benzene rings is 1. The van der Waals surface area contributed by atoms with Crippen LogP contribution in [0.3, 0.4) is 0 Å². The lowest BCUT2D eigenvalue weighted by atomic mass is 9.93. The van der Waals surface area contributed by atoms with Crippen LogP contribution in [-0.4, -0.2) is 59.7 Å². The van der Waals surface area contributed by atoms with Crippen LogP contribution in [0, 0.1) is 11.1 Å². The lowest BCUT2D eigenvalue weighted by Crippen LogP contribution is -2.59. The van der Waals surface area contributed by atoms with Crippen LogP contribution in [0.15, 0.2) is 34.9 Å². The quantitative estimate of drug-likeness (QED) is 0.474. The Morgan fingerprint density at radius 1 is 1.18 bits per heavy atom. The molecule has 0 radical (unpaired) electrons. The van der Waals surface area contributed by atoms with Gasteiger partial charge < -0.3 is 20.1 Å². The van der Waals surface area contributed by atoms with Crippen molar-refractivity contribution >= 4 is 33.4 Å². The highest BCUT2D eigenvalue weighted by Gasteiger charge is 2.41. The molecule has 176 valence electrons. The molecule has 2 saturated heterocycles. The van der Waals surface area contributed by atoms with E-state index >= 15 is 0 Å². The highest BCUT2D eigenvalue weighted by molar-refractivity contribution is 9.10. The topological polar surface area (TPSA) is 68.3 Å². The van der Waals surface area contributed by atoms with Crippen molar-refractivity contribution in [1.82, 2.24) is 15.2 Å². The third kappa shape index (κ3) is 4.84. The van der Waals surface area contributed by atoms with E-state index < -0.39 is 6.04 Å². The number of nitrogens with one attached hydrogen (secondary N) is 1. The van der Waals surface area contributed by atoms with Gasteiger partial charge in [0.05, 0.1) is 26.2 Å². The number of piperidine rings is 1. The predicted octanol–water partition coefficient (Wildman–Crippen LogP) is 4.23. The van der Waals surface area contributed by atoms with Gasteiger partial charge in [0.15, 0.2) is 6.04 Å². The van der Waals surface area contributed by atoms with Crippen LogP contribution in [0.1, 0.15) is 47.7 Å². The molecule has 1 amide bonds. The first-order valence-electron chi connectivity index (χ1n) is 11.9. The van der Waals surface area contributed by atoms with Crippen molar-refractivity contribution < 1.29 is 9.44 Å². The smallest absolute Gasteiger partial charge is 0.223 e. The molecular formula is C25H30BrClN4O2. The average Bonchev–Trinajstić information content (AvgIpc) is 2.97. The van der Waals surface area contributed by atoms with Crippen LogP contribution < -0.4 is 5.32 Å². The van der Waals surface area contributed by atoms with E-state index in [4.69, 9.17) is 16.6 Å². The van der Waals surface area contributed by atoms with Crippen LogP contribution >= 0.6 is 27.5 Å². The number of quaternary nitrogens is 1. The summed E-state index contributed by atoms with van der Waals surface area (Å²) >= 11 is 9.86. The Kier molecular flexibility index (Phi) is 6.78. The molecule has 1 aromatic heterocycles. The van der Waals surface area contributed by atoms with Crippen molar-refractivity contribution in [2.75, 3.05) is 39.3 Å². The number of piperazine rings is 1. The van der Waals surface area contributed by atoms with Crippen molar-refractivity contribution in [2.24, 2.45) is 5.92 Å². The van der Waals surface area contributed by atoms with Gasteiger partial charge in [-0.25, -0.2) is 0 Å². The van der Waals surface area contributed by atoms with E-state index in [1.807, 2.05) is 23.1 Å². The number of carbonyl (C=O) groups excluding carboxylic acids is 1. The summed E-state index contributed by atoms with van der Waals surface area (Å²) < 4.78 is 0.544. The zero-order valence-electron chi connectivity index (χ0n) is 18.7. The van der Waals surface area contributed by atoms with Gasteiger partial charge in [0, 0.05) is 27.7 Å². The van der Waals surface area contributed by atoms with E-state index in [9.17, 15) is 10.0 Å². The van der Waals surface area contributed by atoms with Gasteiger partial charge in [-0.2, -0.15) is 0 Å². The van der Waals surface area contributed by atoms with E-state index in [1.54, 1.807) is 6.20 Å². The third-order valence-corrected chi connectivity index (χ3v) is 8.20. The van der Waals surface area contributed by atoms with Crippen LogP contribution in [0.25, 0.3) is 0 Å². The number of hydrogen-bond acceptors (Lipinski definition) is 4. The van der Waals surface area contributed by atoms with Gasteiger partial charge >= 0.3 is 0 Å². The molecule has 0 saturated carbocycles. The number of rotatable bonds is 3. The molecule has 8 heteroatoms. The molecule has 1 aliphatic carbocycles. The van der Waals surface area contributed by atoms with Gasteiger partial charge in [0.1, 0.15) is 5.69 Å². The van der Waals surface area contributed by atoms with E-state index in [2.05, 4.69) is 27.3 Å². The molecule has 2 aliphatic heterocycles. The summed E-state index contributed by atoms with van der Waals surface area (Å²) in [5, 5.41) is 18.4. The maximum atomic E-state index is 14.4. The minimum atomic E-state index is -0.399. The molecule has 6 nitrogen and oxygen atoms in total. The Bertz CT molecular complexity index is 982. The highest BCUT2D eigenvalue weighted by atomic mass is 79.9. The molecule has 0 bridgehead atoms. The van der Waals surface area contributed by atoms with Crippen molar-refractivity contribution in [1.29, 1.82) is 0 Å². The second-order valence-corrected chi connectivity index (χ2v) is 11.0. The summed E-state index contributed by atoms with van der Waals surface area (Å²) in [6, 6.07) is 7.57. The minimum Gasteiger partial charge on any atom is -0.632 e. The van der Waals surface area contributed by atoms with Gasteiger partial charge in [-0.1, -0.05) is 17.7 Å². The number of aryl methyl sites for hydroxylation is 2. The predicted molar refractivity (Wildman–Crippen MR) is 133 cm³/mol. The maximum Gasteiger partial charge on any atom is 0.223 e. The van der Waals surface area contributed by atoms with Gasteiger partial charge in [0.25, 0.3) is 0 Å². The Labute approximate surface area is 208 Å². The molecular weight excluding hydrogens is 504 g/mol. The molecule has 3 aliphatic rings. The first kappa shape index (κ1) is 23.2. The average molecular weight is 534 g/mol. The standard InChI is InChI=1S/C25H30BrClN4O2/c26-20-14-19-2-1-18-15-21(27)3-4-22(18)25(24(19)29-16-20)31(33)11-9-30(10-12-31)23(32)13-17-5-7-28-8-6-17/h3-4,14-17,25,28H,1-2,5-13H2/t25-/m0/s1. The van der Waals surface area contributed by atoms with E-state index in [-0.39, 0.29) is 10.6 Å². The number of hydroxylamine groups is 3. The zero-order valence-corrected chi connectivity index (χ0v) is 21.1. The van der Waals surface area contributed by atoms with Gasteiger partial charge in [0.2, 0.25) is 5.91 Å². The number of aromatic nitrogens is 1. The number of nitrogens with zero attached hydrogens (tertiary/aromatic N) is 3. The SMILES string of the molecule is O=C(CC1CCNCC1)N1CC[N+]([O-])([C@H]2c3ccc(Cl)cc3CCc3cc(Br)cnc32)CC1. The second-order valence-electron chi connectivity index (χ2n) is 9.62. The van der Waals surface area contributed by atoms with E-state index in [0.29, 0.717) is 43.5 Å².